The van der Waals surface area contributed by atoms with Gasteiger partial charge in [-0.25, -0.2) is 22.3 Å². The van der Waals surface area contributed by atoms with Gasteiger partial charge in [-0.15, -0.1) is 0 Å². The highest BCUT2D eigenvalue weighted by atomic mass is 35.5. The van der Waals surface area contributed by atoms with Gasteiger partial charge in [-0.2, -0.15) is 0 Å². The molecule has 7 nitrogen and oxygen atoms in total. The van der Waals surface area contributed by atoms with Crippen molar-refractivity contribution in [3.8, 4) is 0 Å². The fraction of sp³-hybridized carbons (Fsp3) is 0.333. The highest BCUT2D eigenvalue weighted by Crippen LogP contribution is 2.24. The molecule has 0 atom stereocenters. The second-order valence-corrected chi connectivity index (χ2v) is 9.86. The lowest BCUT2D eigenvalue weighted by molar-refractivity contribution is -0.124. The molecule has 1 amide bonds. The zero-order chi connectivity index (χ0) is 23.2. The Balaban J connectivity index is 1.93. The Bertz CT molecular complexity index is 1050. The lowest BCUT2D eigenvalue weighted by atomic mass is 10.1. The van der Waals surface area contributed by atoms with Gasteiger partial charge in [0, 0.05) is 12.1 Å². The Morgan fingerprint density at radius 1 is 1.10 bits per heavy atom. The molecular formula is C21H24ClFN2O5S. The second-order valence-electron chi connectivity index (χ2n) is 7.80. The molecule has 2 aromatic rings. The van der Waals surface area contributed by atoms with Gasteiger partial charge in [-0.05, 0) is 63.1 Å². The van der Waals surface area contributed by atoms with Crippen LogP contribution in [0.2, 0.25) is 5.02 Å². The Kier molecular flexibility index (Phi) is 8.16. The maximum absolute atomic E-state index is 12.9. The van der Waals surface area contributed by atoms with Crippen LogP contribution in [0.5, 0.6) is 0 Å². The van der Waals surface area contributed by atoms with Crippen LogP contribution in [0.1, 0.15) is 36.7 Å². The lowest BCUT2D eigenvalue weighted by Gasteiger charge is -2.21. The second kappa shape index (κ2) is 10.2. The number of hydrogen-bond acceptors (Lipinski definition) is 5. The van der Waals surface area contributed by atoms with Crippen molar-refractivity contribution in [1.29, 1.82) is 0 Å². The maximum atomic E-state index is 12.9. The molecule has 2 N–H and O–H groups in total. The van der Waals surface area contributed by atoms with Crippen LogP contribution in [-0.2, 0) is 26.0 Å². The molecule has 31 heavy (non-hydrogen) atoms. The van der Waals surface area contributed by atoms with Crippen molar-refractivity contribution in [2.75, 3.05) is 13.2 Å². The van der Waals surface area contributed by atoms with E-state index in [1.807, 2.05) is 0 Å². The summed E-state index contributed by atoms with van der Waals surface area (Å²) in [5.41, 5.74) is 0.0419. The topological polar surface area (TPSA) is 102 Å². The molecule has 0 spiro atoms. The molecule has 0 unspecified atom stereocenters. The van der Waals surface area contributed by atoms with Gasteiger partial charge in [0.15, 0.2) is 6.61 Å². The molecule has 0 saturated carbocycles. The normalized spacial score (nSPS) is 11.8. The average Bonchev–Trinajstić information content (AvgIpc) is 2.66. The van der Waals surface area contributed by atoms with E-state index in [2.05, 4.69) is 10.0 Å². The molecule has 10 heteroatoms. The number of carbonyl (C=O) groups is 2. The fourth-order valence-corrected chi connectivity index (χ4v) is 4.50. The number of sulfonamides is 1. The molecular weight excluding hydrogens is 447 g/mol. The average molecular weight is 471 g/mol. The first-order valence-electron chi connectivity index (χ1n) is 9.39. The molecule has 0 radical (unpaired) electrons. The van der Waals surface area contributed by atoms with Crippen LogP contribution in [0.4, 0.5) is 4.39 Å². The van der Waals surface area contributed by atoms with Gasteiger partial charge in [-0.3, -0.25) is 4.79 Å². The number of hydrogen-bond donors (Lipinski definition) is 2. The Morgan fingerprint density at radius 2 is 1.74 bits per heavy atom. The summed E-state index contributed by atoms with van der Waals surface area (Å²) in [7, 11) is -3.97. The minimum atomic E-state index is -3.97. The van der Waals surface area contributed by atoms with Gasteiger partial charge in [0.2, 0.25) is 10.0 Å². The fourth-order valence-electron chi connectivity index (χ4n) is 2.56. The van der Waals surface area contributed by atoms with Gasteiger partial charge in [0.1, 0.15) is 10.7 Å². The van der Waals surface area contributed by atoms with Crippen molar-refractivity contribution in [2.45, 2.75) is 37.6 Å². The van der Waals surface area contributed by atoms with Gasteiger partial charge >= 0.3 is 5.97 Å². The number of rotatable bonds is 8. The third-order valence-corrected chi connectivity index (χ3v) is 6.12. The highest BCUT2D eigenvalue weighted by molar-refractivity contribution is 7.89. The molecule has 2 rings (SSSR count). The standard InChI is InChI=1S/C21H24ClFN2O5S/c1-21(2,3)25-31(28,29)18-12-15(6-9-17(18)22)20(27)30-13-19(26)24-11-10-14-4-7-16(23)8-5-14/h4-9,12,25H,10-11,13H2,1-3H3,(H,24,26). The number of benzene rings is 2. The molecule has 0 aliphatic heterocycles. The van der Waals surface area contributed by atoms with Gasteiger partial charge in [-0.1, -0.05) is 23.7 Å². The summed E-state index contributed by atoms with van der Waals surface area (Å²) in [6.45, 7) is 4.76. The van der Waals surface area contributed by atoms with Crippen LogP contribution in [0.3, 0.4) is 0 Å². The SMILES string of the molecule is CC(C)(C)NS(=O)(=O)c1cc(C(=O)OCC(=O)NCCc2ccc(F)cc2)ccc1Cl. The van der Waals surface area contributed by atoms with E-state index in [4.69, 9.17) is 16.3 Å². The van der Waals surface area contributed by atoms with Crippen molar-refractivity contribution in [3.05, 3.63) is 64.4 Å². The Hall–Kier alpha value is -2.49. The Labute approximate surface area is 186 Å². The van der Waals surface area contributed by atoms with Crippen LogP contribution < -0.4 is 10.0 Å². The van der Waals surface area contributed by atoms with Crippen LogP contribution >= 0.6 is 11.6 Å². The quantitative estimate of drug-likeness (QED) is 0.577. The summed E-state index contributed by atoms with van der Waals surface area (Å²) < 4.78 is 45.4. The van der Waals surface area contributed by atoms with Crippen LogP contribution in [0.25, 0.3) is 0 Å². The zero-order valence-corrected chi connectivity index (χ0v) is 18.9. The Morgan fingerprint density at radius 3 is 2.35 bits per heavy atom. The molecule has 0 fully saturated rings. The number of halogens is 2. The van der Waals surface area contributed by atoms with E-state index in [9.17, 15) is 22.4 Å². The predicted octanol–water partition coefficient (Wildman–Crippen LogP) is 3.07. The van der Waals surface area contributed by atoms with Crippen molar-refractivity contribution >= 4 is 33.5 Å². The third kappa shape index (κ3) is 7.93. The summed E-state index contributed by atoms with van der Waals surface area (Å²) in [6, 6.07) is 9.58. The van der Waals surface area contributed by atoms with Gasteiger partial charge in [0.25, 0.3) is 5.91 Å². The molecule has 2 aromatic carbocycles. The van der Waals surface area contributed by atoms with Crippen LogP contribution in [0, 0.1) is 5.82 Å². The van der Waals surface area contributed by atoms with Crippen molar-refractivity contribution in [1.82, 2.24) is 10.0 Å². The van der Waals surface area contributed by atoms with Crippen LogP contribution in [0.15, 0.2) is 47.4 Å². The van der Waals surface area contributed by atoms with E-state index in [1.165, 1.54) is 24.3 Å². The minimum absolute atomic E-state index is 0.0492. The van der Waals surface area contributed by atoms with E-state index < -0.39 is 34.0 Å². The molecule has 168 valence electrons. The monoisotopic (exact) mass is 470 g/mol. The maximum Gasteiger partial charge on any atom is 0.338 e. The first-order chi connectivity index (χ1) is 14.4. The van der Waals surface area contributed by atoms with Crippen molar-refractivity contribution in [3.63, 3.8) is 0 Å². The van der Waals surface area contributed by atoms with Gasteiger partial charge in [0.05, 0.1) is 10.6 Å². The summed E-state index contributed by atoms with van der Waals surface area (Å²) in [6.07, 6.45) is 0.485. The molecule has 0 saturated heterocycles. The first kappa shape index (κ1) is 24.8. The predicted molar refractivity (Wildman–Crippen MR) is 115 cm³/mol. The number of esters is 1. The third-order valence-electron chi connectivity index (χ3n) is 3.88. The molecule has 0 aromatic heterocycles. The molecule has 0 aliphatic rings. The molecule has 0 heterocycles. The summed E-state index contributed by atoms with van der Waals surface area (Å²) in [5, 5.41) is 2.54. The summed E-state index contributed by atoms with van der Waals surface area (Å²) in [5.74, 6) is -1.73. The van der Waals surface area contributed by atoms with E-state index in [0.29, 0.717) is 6.42 Å². The van der Waals surface area contributed by atoms with E-state index in [-0.39, 0.29) is 27.8 Å². The lowest BCUT2D eigenvalue weighted by Crippen LogP contribution is -2.40. The van der Waals surface area contributed by atoms with E-state index >= 15 is 0 Å². The number of amides is 1. The van der Waals surface area contributed by atoms with E-state index in [1.54, 1.807) is 32.9 Å². The number of ether oxygens (including phenoxy) is 1. The van der Waals surface area contributed by atoms with Gasteiger partial charge < -0.3 is 10.1 Å². The molecule has 0 bridgehead atoms. The summed E-state index contributed by atoms with van der Waals surface area (Å²) >= 11 is 6.00. The van der Waals surface area contributed by atoms with Crippen molar-refractivity contribution < 1.29 is 27.1 Å². The summed E-state index contributed by atoms with van der Waals surface area (Å²) in [4.78, 5) is 23.9. The number of nitrogens with one attached hydrogen (secondary N) is 2. The smallest absolute Gasteiger partial charge is 0.338 e. The first-order valence-corrected chi connectivity index (χ1v) is 11.3. The van der Waals surface area contributed by atoms with E-state index in [0.717, 1.165) is 11.6 Å². The van der Waals surface area contributed by atoms with Crippen LogP contribution in [-0.4, -0.2) is 39.0 Å². The molecule has 0 aliphatic carbocycles. The number of carbonyl (C=O) groups excluding carboxylic acids is 2. The highest BCUT2D eigenvalue weighted by Gasteiger charge is 2.25. The largest absolute Gasteiger partial charge is 0.452 e. The van der Waals surface area contributed by atoms with Crippen molar-refractivity contribution in [2.24, 2.45) is 0 Å². The minimum Gasteiger partial charge on any atom is -0.452 e. The zero-order valence-electron chi connectivity index (χ0n) is 17.4.